The number of hydrogen-bond acceptors (Lipinski definition) is 10. The lowest BCUT2D eigenvalue weighted by Gasteiger charge is -2.51. The molecule has 5 rings (SSSR count). The first kappa shape index (κ1) is 28.1. The number of phenols is 1. The minimum Gasteiger partial charge on any atom is -0.507 e. The van der Waals surface area contributed by atoms with Gasteiger partial charge in [-0.15, -0.1) is 0 Å². The van der Waals surface area contributed by atoms with E-state index in [1.807, 2.05) is 0 Å². The lowest BCUT2D eigenvalue weighted by atomic mass is 9.53. The van der Waals surface area contributed by atoms with Gasteiger partial charge in [0.1, 0.15) is 28.9 Å². The third-order valence-electron chi connectivity index (χ3n) is 8.67. The van der Waals surface area contributed by atoms with Crippen LogP contribution in [-0.4, -0.2) is 63.3 Å². The van der Waals surface area contributed by atoms with E-state index in [2.05, 4.69) is 5.32 Å². The van der Waals surface area contributed by atoms with Gasteiger partial charge in [0.25, 0.3) is 0 Å². The molecule has 2 fully saturated rings. The highest BCUT2D eigenvalue weighted by molar-refractivity contribution is 6.19. The van der Waals surface area contributed by atoms with Crippen molar-refractivity contribution in [3.63, 3.8) is 0 Å². The molecule has 2 aromatic rings. The van der Waals surface area contributed by atoms with Crippen LogP contribution in [0, 0.1) is 29.6 Å². The molecule has 0 heterocycles. The molecule has 216 valence electrons. The summed E-state index contributed by atoms with van der Waals surface area (Å²) in [4.78, 5) is 51.5. The Labute approximate surface area is 234 Å². The molecule has 0 radical (unpaired) electrons. The van der Waals surface area contributed by atoms with E-state index in [1.165, 1.54) is 38.3 Å². The lowest BCUT2D eigenvalue weighted by molar-refractivity contribution is -0.164. The smallest absolute Gasteiger partial charge is 0.417 e. The largest absolute Gasteiger partial charge is 0.507 e. The Kier molecular flexibility index (Phi) is 7.00. The second-order valence-electron chi connectivity index (χ2n) is 10.7. The molecule has 0 aromatic heterocycles. The third kappa shape index (κ3) is 4.30. The molecule has 6 unspecified atom stereocenters. The van der Waals surface area contributed by atoms with Crippen molar-refractivity contribution >= 4 is 35.0 Å². The molecule has 0 saturated heterocycles. The minimum absolute atomic E-state index is 0.124. The van der Waals surface area contributed by atoms with E-state index in [9.17, 15) is 39.6 Å². The van der Waals surface area contributed by atoms with Crippen LogP contribution in [0.2, 0.25) is 0 Å². The number of nitrogens with two attached hydrogens (primary N) is 1. The zero-order chi connectivity index (χ0) is 29.9. The molecule has 12 nitrogen and oxygen atoms in total. The van der Waals surface area contributed by atoms with Gasteiger partial charge in [-0.05, 0) is 47.7 Å². The number of fused-ring (bicyclic) bond motifs is 3. The number of amides is 2. The number of phenolic OH excluding ortho intramolecular Hbond substituents is 1. The molecule has 0 spiro atoms. The first-order valence-electron chi connectivity index (χ1n) is 13.0. The van der Waals surface area contributed by atoms with Crippen LogP contribution < -0.4 is 20.5 Å². The minimum atomic E-state index is -1.64. The first-order valence-corrected chi connectivity index (χ1v) is 13.0. The molecular weight excluding hydrogens is 536 g/mol. The SMILES string of the molecule is COc1ccc(OC(=O)Nc2ccc3c(c2O)C(O)=C2C(=O)C4C(=O)C(C(N)=O)C(O)C(C)C4[C@@H](O)C2[C@H]3C)cc1. The van der Waals surface area contributed by atoms with Crippen molar-refractivity contribution in [2.24, 2.45) is 35.3 Å². The van der Waals surface area contributed by atoms with Gasteiger partial charge in [0, 0.05) is 17.4 Å². The quantitative estimate of drug-likeness (QED) is 0.234. The number of ketones is 2. The summed E-state index contributed by atoms with van der Waals surface area (Å²) in [6.07, 6.45) is -3.77. The Hall–Kier alpha value is -4.42. The molecule has 0 bridgehead atoms. The predicted octanol–water partition coefficient (Wildman–Crippen LogP) is 1.87. The Morgan fingerprint density at radius 3 is 2.20 bits per heavy atom. The number of carbonyl (C=O) groups excluding carboxylic acids is 4. The number of anilines is 1. The van der Waals surface area contributed by atoms with Gasteiger partial charge >= 0.3 is 6.09 Å². The Bertz CT molecular complexity index is 1480. The lowest BCUT2D eigenvalue weighted by Crippen LogP contribution is -2.62. The average molecular weight is 567 g/mol. The van der Waals surface area contributed by atoms with Crippen LogP contribution in [0.4, 0.5) is 10.5 Å². The molecular formula is C29H30N2O10. The fourth-order valence-corrected chi connectivity index (χ4v) is 6.62. The molecule has 12 heteroatoms. The number of nitrogens with one attached hydrogen (secondary N) is 1. The molecule has 41 heavy (non-hydrogen) atoms. The summed E-state index contributed by atoms with van der Waals surface area (Å²) >= 11 is 0. The van der Waals surface area contributed by atoms with Gasteiger partial charge in [0.2, 0.25) is 5.91 Å². The van der Waals surface area contributed by atoms with Gasteiger partial charge in [-0.3, -0.25) is 19.7 Å². The maximum absolute atomic E-state index is 13.8. The average Bonchev–Trinajstić information content (AvgIpc) is 2.92. The molecule has 2 aromatic carbocycles. The van der Waals surface area contributed by atoms with Crippen LogP contribution in [0.3, 0.4) is 0 Å². The summed E-state index contributed by atoms with van der Waals surface area (Å²) in [5.41, 5.74) is 5.20. The summed E-state index contributed by atoms with van der Waals surface area (Å²) in [6, 6.07) is 9.12. The van der Waals surface area contributed by atoms with Gasteiger partial charge < -0.3 is 35.6 Å². The number of benzene rings is 2. The molecule has 2 saturated carbocycles. The van der Waals surface area contributed by atoms with Crippen LogP contribution in [0.15, 0.2) is 42.0 Å². The van der Waals surface area contributed by atoms with Gasteiger partial charge in [-0.25, -0.2) is 4.79 Å². The van der Waals surface area contributed by atoms with Crippen LogP contribution in [0.25, 0.3) is 5.76 Å². The van der Waals surface area contributed by atoms with Crippen molar-refractivity contribution in [1.29, 1.82) is 0 Å². The number of Topliss-reactive ketones (excluding diaryl/α,β-unsaturated/α-hetero) is 2. The summed E-state index contributed by atoms with van der Waals surface area (Å²) in [5, 5.41) is 47.0. The highest BCUT2D eigenvalue weighted by Gasteiger charge is 2.61. The van der Waals surface area contributed by atoms with Crippen LogP contribution in [-0.2, 0) is 14.4 Å². The topological polar surface area (TPSA) is 206 Å². The van der Waals surface area contributed by atoms with Gasteiger partial charge in [0.05, 0.1) is 36.5 Å². The van der Waals surface area contributed by atoms with Crippen molar-refractivity contribution < 1.29 is 49.1 Å². The zero-order valence-electron chi connectivity index (χ0n) is 22.4. The van der Waals surface area contributed by atoms with Gasteiger partial charge in [0.15, 0.2) is 11.6 Å². The first-order chi connectivity index (χ1) is 19.4. The van der Waals surface area contributed by atoms with E-state index < -0.39 is 82.8 Å². The Morgan fingerprint density at radius 2 is 1.59 bits per heavy atom. The van der Waals surface area contributed by atoms with Crippen LogP contribution >= 0.6 is 0 Å². The zero-order valence-corrected chi connectivity index (χ0v) is 22.4. The van der Waals surface area contributed by atoms with Crippen LogP contribution in [0.5, 0.6) is 17.2 Å². The standard InChI is InChI=1S/C29H30N2O10/c1-10-14-8-9-15(31-29(39)41-13-6-4-12(40-3)5-7-13)23(33)18(14)25(35)19-16(10)24(34)17-11(2)22(32)21(28(30)38)27(37)20(17)26(19)36/h4-11,16-17,20-22,24,32-35H,1-3H3,(H2,30,38)(H,31,39)/t10-,11?,16?,17?,20?,21?,22?,24-/m0/s1. The van der Waals surface area contributed by atoms with Gasteiger partial charge in [-0.1, -0.05) is 19.9 Å². The number of carbonyl (C=O) groups is 4. The number of rotatable bonds is 4. The van der Waals surface area contributed by atoms with Gasteiger partial charge in [-0.2, -0.15) is 0 Å². The fourth-order valence-electron chi connectivity index (χ4n) is 6.62. The molecule has 8 atom stereocenters. The van der Waals surface area contributed by atoms with E-state index >= 15 is 0 Å². The van der Waals surface area contributed by atoms with E-state index in [1.54, 1.807) is 19.1 Å². The molecule has 0 aliphatic heterocycles. The molecule has 2 amide bonds. The summed E-state index contributed by atoms with van der Waals surface area (Å²) in [5.74, 6) is -9.89. The highest BCUT2D eigenvalue weighted by Crippen LogP contribution is 2.55. The predicted molar refractivity (Wildman–Crippen MR) is 143 cm³/mol. The van der Waals surface area contributed by atoms with Crippen molar-refractivity contribution in [3.8, 4) is 17.2 Å². The number of aromatic hydroxyl groups is 1. The van der Waals surface area contributed by atoms with E-state index in [0.29, 0.717) is 11.3 Å². The number of aliphatic hydroxyl groups excluding tert-OH is 3. The van der Waals surface area contributed by atoms with Crippen LogP contribution in [0.1, 0.15) is 30.9 Å². The monoisotopic (exact) mass is 566 g/mol. The van der Waals surface area contributed by atoms with Crippen molar-refractivity contribution in [2.75, 3.05) is 12.4 Å². The third-order valence-corrected chi connectivity index (χ3v) is 8.67. The normalized spacial score (nSPS) is 30.6. The number of primary amides is 1. The molecule has 3 aliphatic carbocycles. The van der Waals surface area contributed by atoms with Crippen molar-refractivity contribution in [2.45, 2.75) is 32.0 Å². The Morgan fingerprint density at radius 1 is 0.951 bits per heavy atom. The number of hydrogen-bond donors (Lipinski definition) is 6. The summed E-state index contributed by atoms with van der Waals surface area (Å²) in [6.45, 7) is 3.22. The second kappa shape index (κ2) is 10.2. The number of aliphatic hydroxyl groups is 3. The van der Waals surface area contributed by atoms with Crippen molar-refractivity contribution in [3.05, 3.63) is 53.1 Å². The molecule has 3 aliphatic rings. The fraction of sp³-hybridized carbons (Fsp3) is 0.379. The Balaban J connectivity index is 1.51. The molecule has 7 N–H and O–H groups in total. The number of ether oxygens (including phenoxy) is 2. The maximum atomic E-state index is 13.8. The number of methoxy groups -OCH3 is 1. The summed E-state index contributed by atoms with van der Waals surface area (Å²) < 4.78 is 10.3. The summed E-state index contributed by atoms with van der Waals surface area (Å²) in [7, 11) is 1.49. The van der Waals surface area contributed by atoms with E-state index in [4.69, 9.17) is 15.2 Å². The highest BCUT2D eigenvalue weighted by atomic mass is 16.6. The maximum Gasteiger partial charge on any atom is 0.417 e. The van der Waals surface area contributed by atoms with Crippen molar-refractivity contribution in [1.82, 2.24) is 0 Å². The second-order valence-corrected chi connectivity index (χ2v) is 10.7. The van der Waals surface area contributed by atoms with E-state index in [0.717, 1.165) is 0 Å². The van der Waals surface area contributed by atoms with E-state index in [-0.39, 0.29) is 22.6 Å².